The molecule has 2 heterocycles. The molecule has 0 aliphatic carbocycles. The lowest BCUT2D eigenvalue weighted by Crippen LogP contribution is -2.48. The molecule has 6 nitrogen and oxygen atoms in total. The second-order valence-corrected chi connectivity index (χ2v) is 6.38. The van der Waals surface area contributed by atoms with Gasteiger partial charge in [0.15, 0.2) is 6.61 Å². The van der Waals surface area contributed by atoms with Crippen LogP contribution in [0.25, 0.3) is 0 Å². The lowest BCUT2D eigenvalue weighted by Gasteiger charge is -2.36. The summed E-state index contributed by atoms with van der Waals surface area (Å²) in [7, 11) is 0. The van der Waals surface area contributed by atoms with E-state index in [-0.39, 0.29) is 12.5 Å². The molecule has 7 heteroatoms. The second-order valence-electron chi connectivity index (χ2n) is 5.44. The molecule has 1 aliphatic rings. The fourth-order valence-electron chi connectivity index (χ4n) is 2.64. The zero-order chi connectivity index (χ0) is 16.9. The highest BCUT2D eigenvalue weighted by atomic mass is 32.1. The Labute approximate surface area is 143 Å². The van der Waals surface area contributed by atoms with Crippen LogP contribution < -0.4 is 9.64 Å². The van der Waals surface area contributed by atoms with E-state index >= 15 is 0 Å². The van der Waals surface area contributed by atoms with Crippen LogP contribution in [0.2, 0.25) is 0 Å². The van der Waals surface area contributed by atoms with Crippen LogP contribution in [0.4, 0.5) is 5.69 Å². The smallest absolute Gasteiger partial charge is 0.341 e. The highest BCUT2D eigenvalue weighted by Crippen LogP contribution is 2.23. The number of carboxylic acid groups (broad SMARTS) is 1. The van der Waals surface area contributed by atoms with Gasteiger partial charge < -0.3 is 19.6 Å². The van der Waals surface area contributed by atoms with E-state index in [0.29, 0.717) is 18.8 Å². The number of hydrogen-bond donors (Lipinski definition) is 1. The van der Waals surface area contributed by atoms with Gasteiger partial charge in [0, 0.05) is 37.9 Å². The van der Waals surface area contributed by atoms with E-state index in [1.54, 1.807) is 6.07 Å². The fourth-order valence-corrected chi connectivity index (χ4v) is 3.33. The fraction of sp³-hybridized carbons (Fsp3) is 0.294. The molecular weight excluding hydrogens is 328 g/mol. The lowest BCUT2D eigenvalue weighted by molar-refractivity contribution is -0.139. The topological polar surface area (TPSA) is 70.1 Å². The minimum Gasteiger partial charge on any atom is -0.482 e. The average molecular weight is 346 g/mol. The number of piperazine rings is 1. The highest BCUT2D eigenvalue weighted by Gasteiger charge is 2.23. The number of thiophene rings is 1. The van der Waals surface area contributed by atoms with E-state index in [1.165, 1.54) is 11.3 Å². The number of benzene rings is 1. The summed E-state index contributed by atoms with van der Waals surface area (Å²) in [6.45, 7) is 2.44. The monoisotopic (exact) mass is 346 g/mol. The highest BCUT2D eigenvalue weighted by molar-refractivity contribution is 7.12. The number of anilines is 1. The zero-order valence-corrected chi connectivity index (χ0v) is 13.9. The molecular formula is C17H18N2O4S. The summed E-state index contributed by atoms with van der Waals surface area (Å²) in [6, 6.07) is 11.1. The number of carboxylic acids is 1. The largest absolute Gasteiger partial charge is 0.482 e. The molecule has 1 aliphatic heterocycles. The number of ether oxygens (including phenoxy) is 1. The maximum absolute atomic E-state index is 12.3. The standard InChI is InChI=1S/C17H18N2O4S/c20-16(21)12-23-14-4-1-3-13(11-14)18-6-8-19(9-7-18)17(22)15-5-2-10-24-15/h1-5,10-11H,6-9,12H2,(H,20,21). The van der Waals surface area contributed by atoms with Crippen LogP contribution in [0.5, 0.6) is 5.75 Å². The number of aliphatic carboxylic acids is 1. The number of nitrogens with zero attached hydrogens (tertiary/aromatic N) is 2. The molecule has 1 aromatic heterocycles. The summed E-state index contributed by atoms with van der Waals surface area (Å²) in [5, 5.41) is 10.6. The Bertz CT molecular complexity index is 709. The number of carbonyl (C=O) groups excluding carboxylic acids is 1. The van der Waals surface area contributed by atoms with Crippen molar-refractivity contribution in [2.24, 2.45) is 0 Å². The quantitative estimate of drug-likeness (QED) is 0.898. The van der Waals surface area contributed by atoms with Crippen LogP contribution in [-0.2, 0) is 4.79 Å². The van der Waals surface area contributed by atoms with Crippen LogP contribution >= 0.6 is 11.3 Å². The predicted octanol–water partition coefficient (Wildman–Crippen LogP) is 2.17. The molecule has 0 radical (unpaired) electrons. The SMILES string of the molecule is O=C(O)COc1cccc(N2CCN(C(=O)c3cccs3)CC2)c1. The Hall–Kier alpha value is -2.54. The van der Waals surface area contributed by atoms with E-state index in [9.17, 15) is 9.59 Å². The molecule has 3 rings (SSSR count). The second kappa shape index (κ2) is 7.35. The summed E-state index contributed by atoms with van der Waals surface area (Å²) in [4.78, 5) is 27.7. The maximum Gasteiger partial charge on any atom is 0.341 e. The molecule has 0 spiro atoms. The molecule has 24 heavy (non-hydrogen) atoms. The molecule has 2 aromatic rings. The molecule has 0 saturated carbocycles. The zero-order valence-electron chi connectivity index (χ0n) is 13.1. The van der Waals surface area contributed by atoms with Crippen molar-refractivity contribution in [3.63, 3.8) is 0 Å². The molecule has 126 valence electrons. The van der Waals surface area contributed by atoms with Crippen molar-refractivity contribution >= 4 is 28.9 Å². The molecule has 1 amide bonds. The van der Waals surface area contributed by atoms with Gasteiger partial charge in [-0.3, -0.25) is 4.79 Å². The third-order valence-electron chi connectivity index (χ3n) is 3.84. The van der Waals surface area contributed by atoms with Gasteiger partial charge in [-0.15, -0.1) is 11.3 Å². The molecule has 0 atom stereocenters. The third-order valence-corrected chi connectivity index (χ3v) is 4.70. The maximum atomic E-state index is 12.3. The number of carbonyl (C=O) groups is 2. The number of amides is 1. The van der Waals surface area contributed by atoms with E-state index in [2.05, 4.69) is 4.90 Å². The van der Waals surface area contributed by atoms with E-state index in [1.807, 2.05) is 40.6 Å². The van der Waals surface area contributed by atoms with Gasteiger partial charge in [-0.05, 0) is 23.6 Å². The Morgan fingerprint density at radius 3 is 2.58 bits per heavy atom. The number of hydrogen-bond acceptors (Lipinski definition) is 5. The first-order valence-corrected chi connectivity index (χ1v) is 8.54. The Balaban J connectivity index is 1.59. The molecule has 1 fully saturated rings. The summed E-state index contributed by atoms with van der Waals surface area (Å²) < 4.78 is 5.22. The first-order valence-electron chi connectivity index (χ1n) is 7.66. The van der Waals surface area contributed by atoms with Gasteiger partial charge in [0.05, 0.1) is 4.88 Å². The van der Waals surface area contributed by atoms with E-state index < -0.39 is 5.97 Å². The third kappa shape index (κ3) is 3.86. The van der Waals surface area contributed by atoms with Crippen LogP contribution in [-0.4, -0.2) is 54.7 Å². The Morgan fingerprint density at radius 1 is 1.12 bits per heavy atom. The van der Waals surface area contributed by atoms with Crippen LogP contribution in [0.3, 0.4) is 0 Å². The van der Waals surface area contributed by atoms with Gasteiger partial charge in [0.2, 0.25) is 0 Å². The Morgan fingerprint density at radius 2 is 1.92 bits per heavy atom. The molecule has 1 N–H and O–H groups in total. The van der Waals surface area contributed by atoms with Crippen molar-refractivity contribution in [2.75, 3.05) is 37.7 Å². The van der Waals surface area contributed by atoms with Gasteiger partial charge in [-0.1, -0.05) is 12.1 Å². The van der Waals surface area contributed by atoms with Crippen molar-refractivity contribution < 1.29 is 19.4 Å². The van der Waals surface area contributed by atoms with Gasteiger partial charge >= 0.3 is 5.97 Å². The first-order chi connectivity index (χ1) is 11.6. The molecule has 0 unspecified atom stereocenters. The summed E-state index contributed by atoms with van der Waals surface area (Å²) >= 11 is 1.46. The van der Waals surface area contributed by atoms with Crippen molar-refractivity contribution in [1.82, 2.24) is 4.90 Å². The summed E-state index contributed by atoms with van der Waals surface area (Å²) in [6.07, 6.45) is 0. The summed E-state index contributed by atoms with van der Waals surface area (Å²) in [5.41, 5.74) is 0.973. The van der Waals surface area contributed by atoms with Crippen LogP contribution in [0.15, 0.2) is 41.8 Å². The normalized spacial score (nSPS) is 14.5. The first kappa shape index (κ1) is 16.3. The van der Waals surface area contributed by atoms with Gasteiger partial charge in [0.1, 0.15) is 5.75 Å². The van der Waals surface area contributed by atoms with Gasteiger partial charge in [0.25, 0.3) is 5.91 Å². The Kier molecular flexibility index (Phi) is 5.00. The molecule has 0 bridgehead atoms. The lowest BCUT2D eigenvalue weighted by atomic mass is 10.2. The minimum atomic E-state index is -0.999. The minimum absolute atomic E-state index is 0.0863. The molecule has 1 aromatic carbocycles. The van der Waals surface area contributed by atoms with Crippen molar-refractivity contribution in [3.8, 4) is 5.75 Å². The van der Waals surface area contributed by atoms with E-state index in [4.69, 9.17) is 9.84 Å². The molecule has 1 saturated heterocycles. The van der Waals surface area contributed by atoms with Crippen molar-refractivity contribution in [1.29, 1.82) is 0 Å². The average Bonchev–Trinajstić information content (AvgIpc) is 3.14. The van der Waals surface area contributed by atoms with Crippen LogP contribution in [0, 0.1) is 0 Å². The predicted molar refractivity (Wildman–Crippen MR) is 92.0 cm³/mol. The van der Waals surface area contributed by atoms with Crippen LogP contribution in [0.1, 0.15) is 9.67 Å². The summed E-state index contributed by atoms with van der Waals surface area (Å²) in [5.74, 6) is -0.378. The van der Waals surface area contributed by atoms with Crippen molar-refractivity contribution in [2.45, 2.75) is 0 Å². The number of rotatable bonds is 5. The van der Waals surface area contributed by atoms with Gasteiger partial charge in [-0.2, -0.15) is 0 Å². The van der Waals surface area contributed by atoms with Crippen molar-refractivity contribution in [3.05, 3.63) is 46.7 Å². The van der Waals surface area contributed by atoms with Gasteiger partial charge in [-0.25, -0.2) is 4.79 Å². The van der Waals surface area contributed by atoms with E-state index in [0.717, 1.165) is 23.7 Å².